The van der Waals surface area contributed by atoms with Crippen molar-refractivity contribution in [2.75, 3.05) is 0 Å². The fourth-order valence-electron chi connectivity index (χ4n) is 4.23. The highest BCUT2D eigenvalue weighted by atomic mass is 16.6. The van der Waals surface area contributed by atoms with Gasteiger partial charge in [0.1, 0.15) is 18.7 Å². The molecular weight excluding hydrogens is 476 g/mol. The molecule has 0 spiro atoms. The SMILES string of the molecule is NC(=O)[C@@H](Cc1ccc([N+](=O)[O-])cc1)NC(=O)[C@@H]1Cc2ccccc2CN1C(=O)OCc1ccccc1. The average molecular weight is 503 g/mol. The fourth-order valence-corrected chi connectivity index (χ4v) is 4.23. The van der Waals surface area contributed by atoms with Crippen LogP contribution in [0.15, 0.2) is 78.9 Å². The second-order valence-corrected chi connectivity index (χ2v) is 8.75. The lowest BCUT2D eigenvalue weighted by molar-refractivity contribution is -0.384. The number of nitrogens with zero attached hydrogens (tertiary/aromatic N) is 2. The Morgan fingerprint density at radius 2 is 1.62 bits per heavy atom. The summed E-state index contributed by atoms with van der Waals surface area (Å²) in [4.78, 5) is 50.3. The van der Waals surface area contributed by atoms with Crippen molar-refractivity contribution in [1.82, 2.24) is 10.2 Å². The largest absolute Gasteiger partial charge is 0.445 e. The van der Waals surface area contributed by atoms with Crippen molar-refractivity contribution in [3.05, 3.63) is 111 Å². The number of amides is 3. The molecule has 3 N–H and O–H groups in total. The van der Waals surface area contributed by atoms with E-state index < -0.39 is 34.9 Å². The van der Waals surface area contributed by atoms with Crippen LogP contribution in [0, 0.1) is 10.1 Å². The number of fused-ring (bicyclic) bond motifs is 1. The zero-order valence-corrected chi connectivity index (χ0v) is 19.9. The topological polar surface area (TPSA) is 145 Å². The first kappa shape index (κ1) is 25.4. The summed E-state index contributed by atoms with van der Waals surface area (Å²) in [5.74, 6) is -1.31. The van der Waals surface area contributed by atoms with Crippen molar-refractivity contribution in [1.29, 1.82) is 0 Å². The second-order valence-electron chi connectivity index (χ2n) is 8.75. The molecule has 4 rings (SSSR count). The van der Waals surface area contributed by atoms with E-state index in [2.05, 4.69) is 5.32 Å². The van der Waals surface area contributed by atoms with E-state index in [1.54, 1.807) is 0 Å². The van der Waals surface area contributed by atoms with Crippen molar-refractivity contribution < 1.29 is 24.0 Å². The zero-order chi connectivity index (χ0) is 26.4. The third-order valence-corrected chi connectivity index (χ3v) is 6.24. The fraction of sp³-hybridized carbons (Fsp3) is 0.222. The number of nitro benzene ring substituents is 1. The molecule has 3 aromatic rings. The molecule has 0 radical (unpaired) electrons. The van der Waals surface area contributed by atoms with Crippen molar-refractivity contribution >= 4 is 23.6 Å². The van der Waals surface area contributed by atoms with Gasteiger partial charge >= 0.3 is 6.09 Å². The molecule has 0 saturated carbocycles. The minimum Gasteiger partial charge on any atom is -0.445 e. The molecule has 0 fully saturated rings. The van der Waals surface area contributed by atoms with E-state index in [4.69, 9.17) is 10.5 Å². The maximum Gasteiger partial charge on any atom is 0.411 e. The Morgan fingerprint density at radius 3 is 2.27 bits per heavy atom. The summed E-state index contributed by atoms with van der Waals surface area (Å²) in [6, 6.07) is 20.4. The van der Waals surface area contributed by atoms with Gasteiger partial charge in [-0.3, -0.25) is 24.6 Å². The van der Waals surface area contributed by atoms with Crippen LogP contribution in [0.5, 0.6) is 0 Å². The molecule has 0 aromatic heterocycles. The predicted octanol–water partition coefficient (Wildman–Crippen LogP) is 2.87. The first-order valence-electron chi connectivity index (χ1n) is 11.7. The molecule has 0 bridgehead atoms. The van der Waals surface area contributed by atoms with E-state index in [0.717, 1.165) is 16.7 Å². The van der Waals surface area contributed by atoms with Gasteiger partial charge in [0, 0.05) is 25.0 Å². The Kier molecular flexibility index (Phi) is 7.77. The minimum atomic E-state index is -1.08. The van der Waals surface area contributed by atoms with Gasteiger partial charge in [-0.2, -0.15) is 0 Å². The number of carbonyl (C=O) groups is 3. The molecule has 0 aliphatic carbocycles. The van der Waals surface area contributed by atoms with E-state index in [-0.39, 0.29) is 31.7 Å². The minimum absolute atomic E-state index is 0.0425. The van der Waals surface area contributed by atoms with Crippen LogP contribution in [0.1, 0.15) is 22.3 Å². The Morgan fingerprint density at radius 1 is 0.973 bits per heavy atom. The Bertz CT molecular complexity index is 1300. The van der Waals surface area contributed by atoms with Gasteiger partial charge in [-0.25, -0.2) is 4.79 Å². The number of nitro groups is 1. The number of nitrogens with one attached hydrogen (secondary N) is 1. The molecule has 10 heteroatoms. The van der Waals surface area contributed by atoms with Gasteiger partial charge in [0.25, 0.3) is 5.69 Å². The van der Waals surface area contributed by atoms with Crippen LogP contribution >= 0.6 is 0 Å². The van der Waals surface area contributed by atoms with E-state index in [0.29, 0.717) is 5.56 Å². The molecule has 10 nitrogen and oxygen atoms in total. The zero-order valence-electron chi connectivity index (χ0n) is 19.9. The standard InChI is InChI=1S/C27H26N4O6/c28-25(32)23(14-18-10-12-22(13-11-18)31(35)36)29-26(33)24-15-20-8-4-5-9-21(20)16-30(24)27(34)37-17-19-6-2-1-3-7-19/h1-13,23-24H,14-17H2,(H2,28,32)(H,29,33)/t23-,24+/m1/s1. The van der Waals surface area contributed by atoms with Crippen LogP contribution in [0.3, 0.4) is 0 Å². The number of hydrogen-bond acceptors (Lipinski definition) is 6. The second kappa shape index (κ2) is 11.3. The summed E-state index contributed by atoms with van der Waals surface area (Å²) in [5, 5.41) is 13.6. The monoisotopic (exact) mass is 502 g/mol. The average Bonchev–Trinajstić information content (AvgIpc) is 2.91. The molecule has 190 valence electrons. The molecule has 37 heavy (non-hydrogen) atoms. The van der Waals surface area contributed by atoms with Crippen LogP contribution in [-0.2, 0) is 40.3 Å². The van der Waals surface area contributed by atoms with Crippen LogP contribution in [0.25, 0.3) is 0 Å². The normalized spacial score (nSPS) is 15.2. The molecule has 3 aromatic carbocycles. The van der Waals surface area contributed by atoms with Gasteiger partial charge in [0.05, 0.1) is 11.5 Å². The lowest BCUT2D eigenvalue weighted by Gasteiger charge is -2.35. The summed E-state index contributed by atoms with van der Waals surface area (Å²) in [6.45, 7) is 0.224. The third-order valence-electron chi connectivity index (χ3n) is 6.24. The van der Waals surface area contributed by atoms with E-state index in [1.165, 1.54) is 29.2 Å². The van der Waals surface area contributed by atoms with E-state index in [1.807, 2.05) is 54.6 Å². The Labute approximate surface area is 213 Å². The Balaban J connectivity index is 1.50. The van der Waals surface area contributed by atoms with Gasteiger partial charge in [-0.1, -0.05) is 66.7 Å². The molecule has 1 aliphatic rings. The number of ether oxygens (including phenoxy) is 1. The molecular formula is C27H26N4O6. The predicted molar refractivity (Wildman–Crippen MR) is 134 cm³/mol. The maximum atomic E-state index is 13.4. The summed E-state index contributed by atoms with van der Waals surface area (Å²) in [6.07, 6.45) is -0.365. The first-order chi connectivity index (χ1) is 17.8. The lowest BCUT2D eigenvalue weighted by Crippen LogP contribution is -2.56. The lowest BCUT2D eigenvalue weighted by atomic mass is 9.93. The molecule has 3 amide bonds. The van der Waals surface area contributed by atoms with E-state index in [9.17, 15) is 24.5 Å². The quantitative estimate of drug-likeness (QED) is 0.358. The van der Waals surface area contributed by atoms with Crippen molar-refractivity contribution in [3.63, 3.8) is 0 Å². The number of nitrogens with two attached hydrogens (primary N) is 1. The summed E-state index contributed by atoms with van der Waals surface area (Å²) in [7, 11) is 0. The van der Waals surface area contributed by atoms with Crippen LogP contribution in [0.4, 0.5) is 10.5 Å². The number of benzene rings is 3. The van der Waals surface area contributed by atoms with Gasteiger partial charge < -0.3 is 15.8 Å². The maximum absolute atomic E-state index is 13.4. The van der Waals surface area contributed by atoms with Gasteiger partial charge in [0.15, 0.2) is 0 Å². The third kappa shape index (κ3) is 6.29. The van der Waals surface area contributed by atoms with E-state index >= 15 is 0 Å². The number of hydrogen-bond donors (Lipinski definition) is 2. The molecule has 1 aliphatic heterocycles. The number of non-ortho nitro benzene ring substituents is 1. The van der Waals surface area contributed by atoms with Crippen molar-refractivity contribution in [2.45, 2.75) is 38.1 Å². The van der Waals surface area contributed by atoms with Crippen LogP contribution < -0.4 is 11.1 Å². The number of carbonyl (C=O) groups excluding carboxylic acids is 3. The van der Waals surface area contributed by atoms with Crippen LogP contribution in [0.2, 0.25) is 0 Å². The summed E-state index contributed by atoms with van der Waals surface area (Å²) < 4.78 is 5.50. The van der Waals surface area contributed by atoms with Gasteiger partial charge in [-0.05, 0) is 22.3 Å². The van der Waals surface area contributed by atoms with Gasteiger partial charge in [0.2, 0.25) is 11.8 Å². The highest BCUT2D eigenvalue weighted by Gasteiger charge is 2.37. The number of rotatable bonds is 8. The Hall–Kier alpha value is -4.73. The highest BCUT2D eigenvalue weighted by molar-refractivity contribution is 5.91. The smallest absolute Gasteiger partial charge is 0.411 e. The first-order valence-corrected chi connectivity index (χ1v) is 11.7. The molecule has 2 atom stereocenters. The number of primary amides is 1. The highest BCUT2D eigenvalue weighted by Crippen LogP contribution is 2.25. The summed E-state index contributed by atoms with van der Waals surface area (Å²) in [5.41, 5.74) is 8.69. The molecule has 0 saturated heterocycles. The molecule has 1 heterocycles. The summed E-state index contributed by atoms with van der Waals surface area (Å²) >= 11 is 0. The molecule has 0 unspecified atom stereocenters. The van der Waals surface area contributed by atoms with Crippen molar-refractivity contribution in [2.24, 2.45) is 5.73 Å². The van der Waals surface area contributed by atoms with Crippen LogP contribution in [-0.4, -0.2) is 39.8 Å². The van der Waals surface area contributed by atoms with Crippen molar-refractivity contribution in [3.8, 4) is 0 Å². The van der Waals surface area contributed by atoms with Gasteiger partial charge in [-0.15, -0.1) is 0 Å².